The molecule has 15 fully saturated rings. The highest BCUT2D eigenvalue weighted by Gasteiger charge is 2.76. The van der Waals surface area contributed by atoms with E-state index in [0.29, 0.717) is 42.7 Å². The van der Waals surface area contributed by atoms with Crippen LogP contribution in [0.5, 0.6) is 0 Å². The van der Waals surface area contributed by atoms with Crippen LogP contribution in [-0.4, -0.2) is 132 Å². The molecule has 25 nitrogen and oxygen atoms in total. The highest BCUT2D eigenvalue weighted by atomic mass is 17.3. The molecule has 3 spiro atoms. The van der Waals surface area contributed by atoms with Crippen molar-refractivity contribution in [1.82, 2.24) is 0 Å². The number of hydrogen-bond donors (Lipinski definition) is 0. The van der Waals surface area contributed by atoms with Crippen molar-refractivity contribution in [1.29, 1.82) is 0 Å². The number of esters is 6. The first-order chi connectivity index (χ1) is 42.1. The van der Waals surface area contributed by atoms with Crippen LogP contribution in [0.1, 0.15) is 199 Å². The summed E-state index contributed by atoms with van der Waals surface area (Å²) in [5.41, 5.74) is -5.17. The minimum Gasteiger partial charge on any atom is -0.459 e. The average molecular weight is 1260 g/mol. The van der Waals surface area contributed by atoms with E-state index in [2.05, 4.69) is 32.7 Å². The molecule has 15 aliphatic rings. The summed E-state index contributed by atoms with van der Waals surface area (Å²) in [6, 6.07) is 0. The van der Waals surface area contributed by atoms with Gasteiger partial charge in [0.1, 0.15) is 0 Å². The van der Waals surface area contributed by atoms with Gasteiger partial charge in [-0.1, -0.05) is 48.5 Å². The molecular weight excluding hydrogens is 1170 g/mol. The third-order valence-corrected chi connectivity index (χ3v) is 23.1. The van der Waals surface area contributed by atoms with E-state index in [1.165, 1.54) is 0 Å². The Labute approximate surface area is 519 Å². The first kappa shape index (κ1) is 65.1. The fourth-order valence-electron chi connectivity index (χ4n) is 17.9. The van der Waals surface area contributed by atoms with E-state index in [-0.39, 0.29) is 47.3 Å². The van der Waals surface area contributed by atoms with E-state index in [0.717, 1.165) is 57.8 Å². The third kappa shape index (κ3) is 11.5. The fourth-order valence-corrected chi connectivity index (χ4v) is 17.9. The Bertz CT molecular complexity index is 2760. The molecule has 6 bridgehead atoms. The molecule has 15 rings (SSSR count). The van der Waals surface area contributed by atoms with Crippen molar-refractivity contribution in [2.45, 2.75) is 276 Å². The van der Waals surface area contributed by atoms with E-state index in [1.807, 2.05) is 20.8 Å². The molecular formula is C64H93NO24. The molecule has 89 heavy (non-hydrogen) atoms. The third-order valence-electron chi connectivity index (χ3n) is 23.1. The van der Waals surface area contributed by atoms with Crippen molar-refractivity contribution in [3.05, 3.63) is 0 Å². The predicted octanol–water partition coefficient (Wildman–Crippen LogP) is 8.78. The SMILES string of the molecule is CC(C)=NC(COC(=O)CCC(=O)OC1O[C@@H]2O[C@]3(C)CC[C@H]4[C@H](C)CC[C@@](C)([C@H]1C)[C@@]24OO3)(COC(=O)CCC(=O)O[C@@H]1O[C@@H]2O[C@]3(C)CC[C@H]4[C@H](C)CC[C@@H]([C@H]1C)[C@@]24OO3)OC(=O)CCC(=O)O[C@@H]1O[C@@H]2O[C@]3(C)CC[C@H]4[C@H](C)CC[C@@H]([C@H]1C)[C@@]24OO3. The molecule has 0 N–H and O–H groups in total. The normalized spacial score (nSPS) is 46.9. The van der Waals surface area contributed by atoms with Crippen molar-refractivity contribution in [3.8, 4) is 0 Å². The zero-order valence-electron chi connectivity index (χ0n) is 53.7. The number of aliphatic imine (C=N–C) groups is 1. The monoisotopic (exact) mass is 1260 g/mol. The smallest absolute Gasteiger partial charge is 0.308 e. The van der Waals surface area contributed by atoms with E-state index in [1.54, 1.807) is 34.6 Å². The van der Waals surface area contributed by atoms with Crippen LogP contribution < -0.4 is 0 Å². The summed E-state index contributed by atoms with van der Waals surface area (Å²) >= 11 is 0. The highest BCUT2D eigenvalue weighted by Crippen LogP contribution is 2.67. The molecule has 498 valence electrons. The number of nitrogens with zero attached hydrogens (tertiary/aromatic N) is 1. The fraction of sp³-hybridized carbons (Fsp3) is 0.891. The zero-order chi connectivity index (χ0) is 63.4. The molecule has 0 amide bonds. The first-order valence-corrected chi connectivity index (χ1v) is 32.8. The lowest BCUT2D eigenvalue weighted by Gasteiger charge is -2.65. The van der Waals surface area contributed by atoms with Crippen molar-refractivity contribution < 1.29 is 115 Å². The Morgan fingerprint density at radius 1 is 0.438 bits per heavy atom. The molecule has 2 unspecified atom stereocenters. The lowest BCUT2D eigenvalue weighted by Crippen LogP contribution is -2.74. The van der Waals surface area contributed by atoms with Crippen LogP contribution in [0.15, 0.2) is 4.99 Å². The summed E-state index contributed by atoms with van der Waals surface area (Å²) in [6.45, 7) is 21.5. The van der Waals surface area contributed by atoms with Gasteiger partial charge >= 0.3 is 35.8 Å². The maximum atomic E-state index is 14.0. The Morgan fingerprint density at radius 3 is 1.33 bits per heavy atom. The van der Waals surface area contributed by atoms with Gasteiger partial charge in [-0.25, -0.2) is 34.3 Å². The summed E-state index contributed by atoms with van der Waals surface area (Å²) < 4.78 is 73.9. The lowest BCUT2D eigenvalue weighted by molar-refractivity contribution is -0.586. The zero-order valence-corrected chi connectivity index (χ0v) is 53.7. The van der Waals surface area contributed by atoms with Crippen molar-refractivity contribution in [3.63, 3.8) is 0 Å². The molecule has 0 radical (unpaired) electrons. The van der Waals surface area contributed by atoms with Gasteiger partial charge in [0.05, 0.1) is 38.5 Å². The molecule has 0 aromatic carbocycles. The van der Waals surface area contributed by atoms with E-state index >= 15 is 0 Å². The molecule has 12 heterocycles. The molecule has 12 aliphatic heterocycles. The van der Waals surface area contributed by atoms with Gasteiger partial charge < -0.3 is 56.8 Å². The molecule has 3 saturated carbocycles. The van der Waals surface area contributed by atoms with Gasteiger partial charge in [-0.3, -0.25) is 28.8 Å². The highest BCUT2D eigenvalue weighted by molar-refractivity contribution is 5.81. The van der Waals surface area contributed by atoms with E-state index in [4.69, 9.17) is 86.2 Å². The van der Waals surface area contributed by atoms with Gasteiger partial charge in [-0.15, -0.1) is 0 Å². The summed E-state index contributed by atoms with van der Waals surface area (Å²) in [5.74, 6) is -8.25. The second-order valence-corrected chi connectivity index (χ2v) is 29.2. The van der Waals surface area contributed by atoms with Gasteiger partial charge in [0.15, 0.2) is 48.9 Å². The molecule has 3 aliphatic carbocycles. The van der Waals surface area contributed by atoms with E-state index < -0.39 is 171 Å². The number of carbonyl (C=O) groups excluding carboxylic acids is 6. The van der Waals surface area contributed by atoms with Crippen molar-refractivity contribution in [2.24, 2.45) is 75.5 Å². The maximum absolute atomic E-state index is 14.0. The van der Waals surface area contributed by atoms with Crippen LogP contribution in [-0.2, 0) is 115 Å². The second-order valence-electron chi connectivity index (χ2n) is 29.2. The standard InChI is InChI=1S/C64H93NO24/c1-33(2)65-61(80-50(71)22-21-48(69)75-52-38(7)44-16-14-35(4)41-25-29-59(11)82-55(78-52)63(41,44)88-85-59,31-72-45(66)17-19-47(68)74-51-37(6)43-15-13-34(3)40-24-28-58(10)81-54(77-51)62(40,43)87-84-58)32-73-46(67)18-20-49(70)76-53-39(8)57(9)27-23-36(5)42-26-30-60(12)83-56(79-53)64(42,57)89-86-60/h34-44,51-56H,13-32H2,1-12H3/t34-,35-,36-,37-,38-,39+,40+,41+,42+,43+,44+,51-,52-,53?,54-,55-,56-,57+,58+,59+,60+,61?,62-,63-,64+/m1/s1. The maximum Gasteiger partial charge on any atom is 0.308 e. The van der Waals surface area contributed by atoms with Crippen LogP contribution in [0.2, 0.25) is 0 Å². The van der Waals surface area contributed by atoms with Crippen molar-refractivity contribution >= 4 is 41.5 Å². The van der Waals surface area contributed by atoms with Crippen molar-refractivity contribution in [2.75, 3.05) is 13.2 Å². The second kappa shape index (κ2) is 24.1. The summed E-state index contributed by atoms with van der Waals surface area (Å²) in [4.78, 5) is 124. The van der Waals surface area contributed by atoms with Gasteiger partial charge in [0.2, 0.25) is 36.2 Å². The summed E-state index contributed by atoms with van der Waals surface area (Å²) in [6.07, 6.45) is 0.813. The Hall–Kier alpha value is -3.99. The average Bonchev–Trinajstić information content (AvgIpc) is 1.69. The Morgan fingerprint density at radius 2 is 0.843 bits per heavy atom. The molecule has 25 atom stereocenters. The van der Waals surface area contributed by atoms with Crippen LogP contribution in [0.3, 0.4) is 0 Å². The van der Waals surface area contributed by atoms with Crippen LogP contribution >= 0.6 is 0 Å². The topological polar surface area (TPSA) is 281 Å². The van der Waals surface area contributed by atoms with Crippen LogP contribution in [0, 0.1) is 70.5 Å². The number of fused-ring (bicyclic) bond motifs is 6. The van der Waals surface area contributed by atoms with Crippen LogP contribution in [0.4, 0.5) is 0 Å². The lowest BCUT2D eigenvalue weighted by atomic mass is 9.50. The van der Waals surface area contributed by atoms with Gasteiger partial charge in [-0.05, 0) is 128 Å². The van der Waals surface area contributed by atoms with Gasteiger partial charge in [0, 0.05) is 60.0 Å². The molecule has 0 aromatic heterocycles. The summed E-state index contributed by atoms with van der Waals surface area (Å²) in [5, 5.41) is 0. The first-order valence-electron chi connectivity index (χ1n) is 32.8. The quantitative estimate of drug-likeness (QED) is 0.0536. The number of hydrogen-bond acceptors (Lipinski definition) is 25. The molecule has 12 saturated heterocycles. The Kier molecular flexibility index (Phi) is 17.6. The minimum atomic E-state index is -2.21. The minimum absolute atomic E-state index is 0.0684. The van der Waals surface area contributed by atoms with Crippen LogP contribution in [0.25, 0.3) is 0 Å². The number of rotatable bonds is 18. The van der Waals surface area contributed by atoms with Gasteiger partial charge in [0.25, 0.3) is 5.72 Å². The van der Waals surface area contributed by atoms with Gasteiger partial charge in [-0.2, -0.15) is 0 Å². The van der Waals surface area contributed by atoms with E-state index in [9.17, 15) is 28.8 Å². The molecule has 25 heteroatoms. The Balaban J connectivity index is 0.688. The predicted molar refractivity (Wildman–Crippen MR) is 301 cm³/mol. The molecule has 0 aromatic rings. The number of carbonyl (C=O) groups is 6. The largest absolute Gasteiger partial charge is 0.459 e. The number of ether oxygens (including phenoxy) is 12. The summed E-state index contributed by atoms with van der Waals surface area (Å²) in [7, 11) is 0.